The van der Waals surface area contributed by atoms with Crippen molar-refractivity contribution in [3.05, 3.63) is 58.4 Å². The van der Waals surface area contributed by atoms with Gasteiger partial charge in [-0.2, -0.15) is 4.98 Å². The normalized spacial score (nSPS) is 10.5. The quantitative estimate of drug-likeness (QED) is 0.719. The Balaban J connectivity index is 1.68. The number of benzene rings is 2. The average molecular weight is 378 g/mol. The van der Waals surface area contributed by atoms with Crippen molar-refractivity contribution >= 4 is 34.8 Å². The van der Waals surface area contributed by atoms with Gasteiger partial charge in [-0.15, -0.1) is 0 Å². The van der Waals surface area contributed by atoms with Crippen LogP contribution in [0.15, 0.2) is 47.0 Å². The Kier molecular flexibility index (Phi) is 5.21. The molecule has 0 bridgehead atoms. The maximum Gasteiger partial charge on any atom is 0.236 e. The molecule has 1 heterocycles. The molecule has 1 amide bonds. The molecule has 0 aliphatic heterocycles. The zero-order valence-electron chi connectivity index (χ0n) is 13.1. The summed E-state index contributed by atoms with van der Waals surface area (Å²) in [5.41, 5.74) is 1.18. The van der Waals surface area contributed by atoms with E-state index in [-0.39, 0.29) is 23.2 Å². The number of amides is 1. The monoisotopic (exact) mass is 377 g/mol. The van der Waals surface area contributed by atoms with Gasteiger partial charge in [0.2, 0.25) is 17.6 Å². The number of carbonyl (C=O) groups excluding carboxylic acids is 1. The predicted octanol–water partition coefficient (Wildman–Crippen LogP) is 4.23. The molecule has 0 aliphatic carbocycles. The van der Waals surface area contributed by atoms with E-state index in [2.05, 4.69) is 15.5 Å². The predicted molar refractivity (Wildman–Crippen MR) is 95.1 cm³/mol. The first-order valence-corrected chi connectivity index (χ1v) is 8.03. The van der Waals surface area contributed by atoms with E-state index in [1.165, 1.54) is 0 Å². The van der Waals surface area contributed by atoms with E-state index in [0.717, 1.165) is 11.3 Å². The molecule has 3 aromatic rings. The summed E-state index contributed by atoms with van der Waals surface area (Å²) in [6.45, 7) is 0. The van der Waals surface area contributed by atoms with E-state index in [1.54, 1.807) is 49.6 Å². The van der Waals surface area contributed by atoms with Crippen molar-refractivity contribution in [1.82, 2.24) is 10.1 Å². The second-order valence-corrected chi connectivity index (χ2v) is 5.85. The van der Waals surface area contributed by atoms with Crippen molar-refractivity contribution in [2.75, 3.05) is 12.4 Å². The number of rotatable bonds is 5. The zero-order chi connectivity index (χ0) is 17.8. The number of methoxy groups -OCH3 is 1. The van der Waals surface area contributed by atoms with Crippen molar-refractivity contribution < 1.29 is 14.1 Å². The van der Waals surface area contributed by atoms with E-state index < -0.39 is 0 Å². The van der Waals surface area contributed by atoms with Gasteiger partial charge in [0, 0.05) is 5.56 Å². The van der Waals surface area contributed by atoms with Gasteiger partial charge in [-0.25, -0.2) is 0 Å². The molecule has 2 aromatic carbocycles. The molecular formula is C17H13Cl2N3O3. The number of carbonyl (C=O) groups is 1. The van der Waals surface area contributed by atoms with Gasteiger partial charge in [0.15, 0.2) is 0 Å². The minimum Gasteiger partial charge on any atom is -0.497 e. The minimum absolute atomic E-state index is 0.0774. The van der Waals surface area contributed by atoms with Crippen LogP contribution < -0.4 is 10.1 Å². The molecule has 1 aromatic heterocycles. The lowest BCUT2D eigenvalue weighted by Crippen LogP contribution is -2.14. The molecule has 0 spiro atoms. The standard InChI is InChI=1S/C17H13Cl2N3O3/c1-24-11-7-5-10(6-8-11)17-21-15(25-22-17)9-14(23)20-13-4-2-3-12(18)16(13)19/h2-8H,9H2,1H3,(H,20,23). The number of nitrogens with one attached hydrogen (secondary N) is 1. The molecule has 0 saturated heterocycles. The second-order valence-electron chi connectivity index (χ2n) is 5.07. The van der Waals surface area contributed by atoms with Crippen molar-refractivity contribution in [1.29, 1.82) is 0 Å². The lowest BCUT2D eigenvalue weighted by molar-refractivity contribution is -0.115. The summed E-state index contributed by atoms with van der Waals surface area (Å²) in [7, 11) is 1.59. The third kappa shape index (κ3) is 4.10. The Morgan fingerprint density at radius 1 is 1.20 bits per heavy atom. The molecule has 0 fully saturated rings. The third-order valence-electron chi connectivity index (χ3n) is 3.35. The van der Waals surface area contributed by atoms with Crippen LogP contribution in [0.2, 0.25) is 10.0 Å². The van der Waals surface area contributed by atoms with Gasteiger partial charge in [-0.1, -0.05) is 34.4 Å². The first-order chi connectivity index (χ1) is 12.1. The molecule has 8 heteroatoms. The Morgan fingerprint density at radius 3 is 2.68 bits per heavy atom. The van der Waals surface area contributed by atoms with Crippen LogP contribution >= 0.6 is 23.2 Å². The van der Waals surface area contributed by atoms with Crippen LogP contribution in [0.5, 0.6) is 5.75 Å². The maximum absolute atomic E-state index is 12.1. The topological polar surface area (TPSA) is 77.2 Å². The zero-order valence-corrected chi connectivity index (χ0v) is 14.6. The van der Waals surface area contributed by atoms with Crippen LogP contribution in [0.4, 0.5) is 5.69 Å². The van der Waals surface area contributed by atoms with Gasteiger partial charge in [0.1, 0.15) is 12.2 Å². The third-order valence-corrected chi connectivity index (χ3v) is 4.17. The number of hydrogen-bond acceptors (Lipinski definition) is 5. The number of hydrogen-bond donors (Lipinski definition) is 1. The molecule has 6 nitrogen and oxygen atoms in total. The number of ether oxygens (including phenoxy) is 1. The van der Waals surface area contributed by atoms with Gasteiger partial charge >= 0.3 is 0 Å². The highest BCUT2D eigenvalue weighted by molar-refractivity contribution is 6.43. The molecule has 0 radical (unpaired) electrons. The number of aromatic nitrogens is 2. The summed E-state index contributed by atoms with van der Waals surface area (Å²) in [4.78, 5) is 16.3. The van der Waals surface area contributed by atoms with Crippen LogP contribution in [0.25, 0.3) is 11.4 Å². The van der Waals surface area contributed by atoms with Crippen LogP contribution in [0.3, 0.4) is 0 Å². The fourth-order valence-corrected chi connectivity index (χ4v) is 2.46. The molecule has 0 saturated carbocycles. The van der Waals surface area contributed by atoms with Gasteiger partial charge in [0.05, 0.1) is 22.8 Å². The first-order valence-electron chi connectivity index (χ1n) is 7.27. The lowest BCUT2D eigenvalue weighted by atomic mass is 10.2. The summed E-state index contributed by atoms with van der Waals surface area (Å²) in [6.07, 6.45) is -0.0774. The van der Waals surface area contributed by atoms with E-state index in [0.29, 0.717) is 16.5 Å². The van der Waals surface area contributed by atoms with Crippen LogP contribution in [-0.4, -0.2) is 23.2 Å². The first kappa shape index (κ1) is 17.3. The van der Waals surface area contributed by atoms with E-state index in [4.69, 9.17) is 32.5 Å². The maximum atomic E-state index is 12.1. The number of anilines is 1. The SMILES string of the molecule is COc1ccc(-c2noc(CC(=O)Nc3cccc(Cl)c3Cl)n2)cc1. The van der Waals surface area contributed by atoms with Crippen molar-refractivity contribution in [3.63, 3.8) is 0 Å². The van der Waals surface area contributed by atoms with Gasteiger partial charge in [0.25, 0.3) is 0 Å². The molecule has 128 valence electrons. The van der Waals surface area contributed by atoms with Crippen molar-refractivity contribution in [2.24, 2.45) is 0 Å². The fraction of sp³-hybridized carbons (Fsp3) is 0.118. The Labute approximate surface area is 153 Å². The molecule has 1 N–H and O–H groups in total. The van der Waals surface area contributed by atoms with Crippen LogP contribution in [-0.2, 0) is 11.2 Å². The number of halogens is 2. The molecule has 0 atom stereocenters. The lowest BCUT2D eigenvalue weighted by Gasteiger charge is -2.06. The highest BCUT2D eigenvalue weighted by Gasteiger charge is 2.14. The minimum atomic E-state index is -0.339. The van der Waals surface area contributed by atoms with E-state index in [1.807, 2.05) is 0 Å². The number of nitrogens with zero attached hydrogens (tertiary/aromatic N) is 2. The second kappa shape index (κ2) is 7.55. The van der Waals surface area contributed by atoms with Crippen LogP contribution in [0, 0.1) is 0 Å². The Bertz CT molecular complexity index is 894. The molecule has 25 heavy (non-hydrogen) atoms. The van der Waals surface area contributed by atoms with Gasteiger partial charge < -0.3 is 14.6 Å². The smallest absolute Gasteiger partial charge is 0.236 e. The molecule has 0 aliphatic rings. The summed E-state index contributed by atoms with van der Waals surface area (Å²) >= 11 is 12.0. The molecule has 0 unspecified atom stereocenters. The van der Waals surface area contributed by atoms with E-state index in [9.17, 15) is 4.79 Å². The summed E-state index contributed by atoms with van der Waals surface area (Å²) in [5, 5.41) is 7.18. The van der Waals surface area contributed by atoms with Crippen molar-refractivity contribution in [3.8, 4) is 17.1 Å². The van der Waals surface area contributed by atoms with Gasteiger partial charge in [-0.05, 0) is 36.4 Å². The summed E-state index contributed by atoms with van der Waals surface area (Å²) < 4.78 is 10.2. The Hall–Kier alpha value is -2.57. The fourth-order valence-electron chi connectivity index (χ4n) is 2.12. The highest BCUT2D eigenvalue weighted by atomic mass is 35.5. The van der Waals surface area contributed by atoms with Crippen LogP contribution in [0.1, 0.15) is 5.89 Å². The average Bonchev–Trinajstić information content (AvgIpc) is 3.07. The van der Waals surface area contributed by atoms with Gasteiger partial charge in [-0.3, -0.25) is 4.79 Å². The summed E-state index contributed by atoms with van der Waals surface area (Å²) in [6, 6.07) is 12.2. The highest BCUT2D eigenvalue weighted by Crippen LogP contribution is 2.29. The Morgan fingerprint density at radius 2 is 1.96 bits per heavy atom. The molecule has 3 rings (SSSR count). The van der Waals surface area contributed by atoms with Crippen molar-refractivity contribution in [2.45, 2.75) is 6.42 Å². The molecular weight excluding hydrogens is 365 g/mol. The summed E-state index contributed by atoms with van der Waals surface area (Å²) in [5.74, 6) is 0.979. The largest absolute Gasteiger partial charge is 0.497 e. The van der Waals surface area contributed by atoms with E-state index >= 15 is 0 Å².